The number of aliphatic hydroxyl groups is 4. The quantitative estimate of drug-likeness (QED) is 0.100. The van der Waals surface area contributed by atoms with Crippen molar-refractivity contribution in [3.05, 3.63) is 115 Å². The molecule has 4 N–H and O–H groups in total. The second-order valence-corrected chi connectivity index (χ2v) is 11.6. The number of hydrogen-bond acceptors (Lipinski definition) is 15. The van der Waals surface area contributed by atoms with Gasteiger partial charge in [0.05, 0.1) is 48.6 Å². The molecule has 21 nitrogen and oxygen atoms in total. The van der Waals surface area contributed by atoms with Crippen LogP contribution in [0.1, 0.15) is 27.1 Å². The zero-order valence-corrected chi connectivity index (χ0v) is 27.0. The molecule has 2 aromatic carbocycles. The third-order valence-electron chi connectivity index (χ3n) is 8.42. The predicted octanol–water partition coefficient (Wildman–Crippen LogP) is 2.32. The summed E-state index contributed by atoms with van der Waals surface area (Å²) in [4.78, 5) is 34.6. The summed E-state index contributed by atoms with van der Waals surface area (Å²) in [6.45, 7) is -1.19. The minimum atomic E-state index is -1.75. The topological polar surface area (TPSA) is 317 Å². The van der Waals surface area contributed by atoms with Crippen LogP contribution >= 0.6 is 0 Å². The summed E-state index contributed by atoms with van der Waals surface area (Å²) in [7, 11) is 0. The van der Waals surface area contributed by atoms with E-state index in [9.17, 15) is 30.0 Å². The standard InChI is InChI=1S/C31H33N9O12/c32-38-35-13-20-27(51-29(45)15-7-3-1-4-8-15)28(52-30(46)16-9-5-2-6-10-16)31(49-20)48-19-12-22(47-21(14-41)24(19)43)50-26-18(37-40-34)11-17(36-39-33)23(42)25(26)44/h1-10,12,17-18,20-28,31,41-44H,11,13-14H2/t17-,18?,20-,21?,22-,23?,24+,25?,26-,27?,28+,31-/m1/s1. The van der Waals surface area contributed by atoms with Crippen LogP contribution in [0.5, 0.6) is 0 Å². The van der Waals surface area contributed by atoms with Gasteiger partial charge in [-0.05, 0) is 47.3 Å². The van der Waals surface area contributed by atoms with Gasteiger partial charge in [0.15, 0.2) is 12.4 Å². The Morgan fingerprint density at radius 1 is 0.769 bits per heavy atom. The van der Waals surface area contributed by atoms with Crippen LogP contribution in [0.3, 0.4) is 0 Å². The number of carbonyl (C=O) groups is 2. The number of carbonyl (C=O) groups excluding carboxylic acids is 2. The first-order chi connectivity index (χ1) is 25.2. The third-order valence-corrected chi connectivity index (χ3v) is 8.42. The van der Waals surface area contributed by atoms with Gasteiger partial charge >= 0.3 is 11.9 Å². The van der Waals surface area contributed by atoms with Crippen LogP contribution in [0.25, 0.3) is 31.3 Å². The Bertz CT molecular complexity index is 1740. The first-order valence-electron chi connectivity index (χ1n) is 15.8. The van der Waals surface area contributed by atoms with Gasteiger partial charge < -0.3 is 48.8 Å². The second-order valence-electron chi connectivity index (χ2n) is 11.6. The fourth-order valence-electron chi connectivity index (χ4n) is 5.87. The molecule has 0 amide bonds. The average Bonchev–Trinajstić information content (AvgIpc) is 3.47. The van der Waals surface area contributed by atoms with E-state index in [4.69, 9.17) is 45.0 Å². The van der Waals surface area contributed by atoms with E-state index in [0.717, 1.165) is 6.08 Å². The second kappa shape index (κ2) is 17.7. The molecule has 5 rings (SSSR count). The molecule has 0 aromatic heterocycles. The van der Waals surface area contributed by atoms with Gasteiger partial charge in [0, 0.05) is 20.8 Å². The monoisotopic (exact) mass is 723 g/mol. The summed E-state index contributed by atoms with van der Waals surface area (Å²) in [5.41, 5.74) is 27.3. The Balaban J connectivity index is 1.46. The molecular formula is C31H33N9O12. The lowest BCUT2D eigenvalue weighted by atomic mass is 9.84. The van der Waals surface area contributed by atoms with Crippen molar-refractivity contribution in [2.75, 3.05) is 13.2 Å². The summed E-state index contributed by atoms with van der Waals surface area (Å²) < 4.78 is 35.0. The maximum Gasteiger partial charge on any atom is 0.338 e. The van der Waals surface area contributed by atoms with Crippen molar-refractivity contribution in [1.29, 1.82) is 0 Å². The Labute approximate surface area is 293 Å². The first kappa shape index (κ1) is 37.8. The van der Waals surface area contributed by atoms with Crippen LogP contribution in [-0.2, 0) is 28.4 Å². The van der Waals surface area contributed by atoms with Gasteiger partial charge in [-0.3, -0.25) is 0 Å². The van der Waals surface area contributed by atoms with E-state index < -0.39 is 98.6 Å². The van der Waals surface area contributed by atoms with E-state index in [-0.39, 0.29) is 23.3 Å². The smallest absolute Gasteiger partial charge is 0.338 e. The summed E-state index contributed by atoms with van der Waals surface area (Å²) in [6, 6.07) is 13.4. The van der Waals surface area contributed by atoms with Gasteiger partial charge in [-0.25, -0.2) is 9.59 Å². The van der Waals surface area contributed by atoms with Crippen LogP contribution in [0.4, 0.5) is 0 Å². The minimum absolute atomic E-state index is 0.123. The fourth-order valence-corrected chi connectivity index (χ4v) is 5.87. The molecule has 1 saturated carbocycles. The van der Waals surface area contributed by atoms with Gasteiger partial charge in [-0.1, -0.05) is 51.7 Å². The number of ether oxygens (including phenoxy) is 6. The van der Waals surface area contributed by atoms with Crippen LogP contribution in [0.2, 0.25) is 0 Å². The Kier molecular flexibility index (Phi) is 12.9. The largest absolute Gasteiger partial charge is 0.462 e. The molecule has 2 aliphatic heterocycles. The van der Waals surface area contributed by atoms with Gasteiger partial charge in [0.1, 0.15) is 30.2 Å². The highest BCUT2D eigenvalue weighted by atomic mass is 16.7. The number of nitrogens with zero attached hydrogens (tertiary/aromatic N) is 9. The maximum atomic E-state index is 13.3. The Morgan fingerprint density at radius 2 is 1.37 bits per heavy atom. The SMILES string of the molecule is [N-]=[N+]=NC[C@H]1O[C@@H](OC2=C[C@@H](O[C@@H]3C(N=[N+]=[N-])C[C@@H](N=[N+]=[N-])C(O)C3O)OC(CO)[C@H]2O)[C@@H](OC(=O)c2ccccc2)C1OC(=O)c1ccccc1. The molecule has 2 aromatic rings. The molecule has 2 fully saturated rings. The van der Waals surface area contributed by atoms with Crippen molar-refractivity contribution in [2.24, 2.45) is 15.3 Å². The number of rotatable bonds is 13. The third kappa shape index (κ3) is 8.71. The first-order valence-corrected chi connectivity index (χ1v) is 15.8. The lowest BCUT2D eigenvalue weighted by molar-refractivity contribution is -0.244. The molecule has 1 aliphatic carbocycles. The zero-order chi connectivity index (χ0) is 37.2. The minimum Gasteiger partial charge on any atom is -0.462 e. The normalized spacial score (nSPS) is 32.5. The molecule has 52 heavy (non-hydrogen) atoms. The molecule has 12 atom stereocenters. The van der Waals surface area contributed by atoms with Crippen LogP contribution in [0, 0.1) is 0 Å². The van der Waals surface area contributed by atoms with Crippen molar-refractivity contribution in [3.8, 4) is 0 Å². The zero-order valence-electron chi connectivity index (χ0n) is 27.0. The fraction of sp³-hybridized carbons (Fsp3) is 0.484. The predicted molar refractivity (Wildman–Crippen MR) is 172 cm³/mol. The Morgan fingerprint density at radius 3 is 1.94 bits per heavy atom. The molecular weight excluding hydrogens is 690 g/mol. The number of hydrogen-bond donors (Lipinski definition) is 4. The number of azide groups is 3. The number of esters is 2. The van der Waals surface area contributed by atoms with E-state index in [1.165, 1.54) is 24.3 Å². The lowest BCUT2D eigenvalue weighted by Gasteiger charge is -2.42. The van der Waals surface area contributed by atoms with Crippen molar-refractivity contribution in [3.63, 3.8) is 0 Å². The lowest BCUT2D eigenvalue weighted by Crippen LogP contribution is -2.57. The van der Waals surface area contributed by atoms with Crippen LogP contribution in [-0.4, -0.2) is 119 Å². The number of aliphatic hydroxyl groups excluding tert-OH is 4. The van der Waals surface area contributed by atoms with E-state index in [0.29, 0.717) is 0 Å². The molecule has 21 heteroatoms. The molecule has 0 bridgehead atoms. The highest BCUT2D eigenvalue weighted by Gasteiger charge is 2.52. The highest BCUT2D eigenvalue weighted by molar-refractivity contribution is 5.90. The van der Waals surface area contributed by atoms with Crippen molar-refractivity contribution >= 4 is 11.9 Å². The van der Waals surface area contributed by atoms with Crippen LogP contribution < -0.4 is 0 Å². The molecule has 0 radical (unpaired) electrons. The highest BCUT2D eigenvalue weighted by Crippen LogP contribution is 2.35. The molecule has 1 saturated heterocycles. The summed E-state index contributed by atoms with van der Waals surface area (Å²) >= 11 is 0. The van der Waals surface area contributed by atoms with E-state index in [1.54, 1.807) is 36.4 Å². The maximum absolute atomic E-state index is 13.3. The summed E-state index contributed by atoms with van der Waals surface area (Å²) in [5, 5.41) is 53.1. The molecule has 2 heterocycles. The van der Waals surface area contributed by atoms with Gasteiger partial charge in [-0.2, -0.15) is 0 Å². The molecule has 0 spiro atoms. The van der Waals surface area contributed by atoms with Crippen molar-refractivity contribution in [1.82, 2.24) is 0 Å². The molecule has 274 valence electrons. The van der Waals surface area contributed by atoms with Crippen molar-refractivity contribution in [2.45, 2.75) is 79.9 Å². The summed E-state index contributed by atoms with van der Waals surface area (Å²) in [6.07, 6.45) is -14.4. The van der Waals surface area contributed by atoms with Crippen molar-refractivity contribution < 1.29 is 58.4 Å². The molecule has 5 unspecified atom stereocenters. The van der Waals surface area contributed by atoms with Gasteiger partial charge in [-0.15, -0.1) is 0 Å². The van der Waals surface area contributed by atoms with Gasteiger partial charge in [0.25, 0.3) is 0 Å². The van der Waals surface area contributed by atoms with E-state index in [2.05, 4.69) is 30.1 Å². The Hall–Kier alpha value is -5.43. The van der Waals surface area contributed by atoms with Gasteiger partial charge in [0.2, 0.25) is 12.4 Å². The summed E-state index contributed by atoms with van der Waals surface area (Å²) in [5.74, 6) is -2.04. The molecule has 3 aliphatic rings. The average molecular weight is 724 g/mol. The van der Waals surface area contributed by atoms with E-state index in [1.807, 2.05) is 0 Å². The van der Waals surface area contributed by atoms with E-state index >= 15 is 0 Å². The number of benzene rings is 2. The van der Waals surface area contributed by atoms with Crippen LogP contribution in [0.15, 0.2) is 87.8 Å².